The maximum absolute atomic E-state index is 12.5. The molecule has 3 aliphatic rings. The molecule has 0 aliphatic carbocycles. The van der Waals surface area contributed by atoms with Crippen LogP contribution < -0.4 is 5.32 Å². The zero-order valence-corrected chi connectivity index (χ0v) is 12.2. The van der Waals surface area contributed by atoms with Crippen molar-refractivity contribution in [2.45, 2.75) is 19.5 Å². The standard InChI is InChI=1S/C16H23N3O/c1-14(19-10-7-18(8-11-19)9-12-19)16(20)17-13-15-5-3-2-4-6-15/h2-6,14H,7-13H2,1H3/p+1/t14-/m1/s1. The minimum Gasteiger partial charge on any atom is -0.347 e. The van der Waals surface area contributed by atoms with Crippen molar-refractivity contribution >= 4 is 5.91 Å². The van der Waals surface area contributed by atoms with Gasteiger partial charge in [0.2, 0.25) is 0 Å². The summed E-state index contributed by atoms with van der Waals surface area (Å²) in [6, 6.07) is 10.2. The zero-order chi connectivity index (χ0) is 14.0. The Labute approximate surface area is 121 Å². The zero-order valence-electron chi connectivity index (χ0n) is 12.2. The van der Waals surface area contributed by atoms with Gasteiger partial charge < -0.3 is 9.80 Å². The molecule has 3 aliphatic heterocycles. The normalized spacial score (nSPS) is 29.9. The second-order valence-corrected chi connectivity index (χ2v) is 6.11. The number of benzene rings is 1. The van der Waals surface area contributed by atoms with Crippen LogP contribution in [0.2, 0.25) is 0 Å². The lowest BCUT2D eigenvalue weighted by atomic mass is 10.1. The second kappa shape index (κ2) is 5.54. The first-order chi connectivity index (χ1) is 9.70. The first kappa shape index (κ1) is 13.6. The fourth-order valence-electron chi connectivity index (χ4n) is 3.45. The summed E-state index contributed by atoms with van der Waals surface area (Å²) >= 11 is 0. The molecule has 20 heavy (non-hydrogen) atoms. The SMILES string of the molecule is C[C@H](C(=O)NCc1ccccc1)[N+]12CCN(CC1)CC2. The molecule has 1 aromatic carbocycles. The number of amides is 1. The van der Waals surface area contributed by atoms with Gasteiger partial charge in [0.15, 0.2) is 6.04 Å². The van der Waals surface area contributed by atoms with Crippen molar-refractivity contribution in [3.05, 3.63) is 35.9 Å². The summed E-state index contributed by atoms with van der Waals surface area (Å²) in [6.45, 7) is 9.56. The van der Waals surface area contributed by atoms with E-state index in [0.717, 1.165) is 49.3 Å². The van der Waals surface area contributed by atoms with Crippen LogP contribution in [0.5, 0.6) is 0 Å². The molecule has 3 fully saturated rings. The molecular formula is C16H24N3O+. The molecule has 0 radical (unpaired) electrons. The van der Waals surface area contributed by atoms with Gasteiger partial charge in [0.05, 0.1) is 19.6 Å². The number of nitrogens with one attached hydrogen (secondary N) is 1. The maximum Gasteiger partial charge on any atom is 0.278 e. The number of carbonyl (C=O) groups excluding carboxylic acids is 1. The third kappa shape index (κ3) is 2.58. The van der Waals surface area contributed by atoms with Crippen LogP contribution in [0.4, 0.5) is 0 Å². The van der Waals surface area contributed by atoms with Gasteiger partial charge in [-0.1, -0.05) is 30.3 Å². The van der Waals surface area contributed by atoms with Crippen LogP contribution in [0.25, 0.3) is 0 Å². The molecule has 1 atom stereocenters. The molecule has 0 aromatic heterocycles. The van der Waals surface area contributed by atoms with Crippen LogP contribution in [-0.2, 0) is 11.3 Å². The molecule has 4 rings (SSSR count). The largest absolute Gasteiger partial charge is 0.347 e. The molecule has 1 amide bonds. The van der Waals surface area contributed by atoms with E-state index in [1.807, 2.05) is 18.2 Å². The number of rotatable bonds is 4. The molecule has 0 spiro atoms. The first-order valence-electron chi connectivity index (χ1n) is 7.59. The smallest absolute Gasteiger partial charge is 0.278 e. The highest BCUT2D eigenvalue weighted by Gasteiger charge is 2.44. The molecule has 4 heteroatoms. The number of fused-ring (bicyclic) bond motifs is 3. The van der Waals surface area contributed by atoms with E-state index in [1.54, 1.807) is 0 Å². The number of quaternary nitrogens is 1. The number of hydrogen-bond donors (Lipinski definition) is 1. The average Bonchev–Trinajstić information content (AvgIpc) is 2.54. The van der Waals surface area contributed by atoms with Gasteiger partial charge in [-0.25, -0.2) is 0 Å². The number of carbonyl (C=O) groups is 1. The summed E-state index contributed by atoms with van der Waals surface area (Å²) in [6.07, 6.45) is 0. The number of nitrogens with zero attached hydrogens (tertiary/aromatic N) is 2. The predicted molar refractivity (Wildman–Crippen MR) is 79.1 cm³/mol. The Morgan fingerprint density at radius 1 is 1.20 bits per heavy atom. The molecule has 4 nitrogen and oxygen atoms in total. The number of hydrogen-bond acceptors (Lipinski definition) is 2. The molecule has 0 unspecified atom stereocenters. The van der Waals surface area contributed by atoms with E-state index in [-0.39, 0.29) is 11.9 Å². The lowest BCUT2D eigenvalue weighted by Crippen LogP contribution is -2.72. The molecular weight excluding hydrogens is 250 g/mol. The van der Waals surface area contributed by atoms with Crippen molar-refractivity contribution in [1.29, 1.82) is 0 Å². The van der Waals surface area contributed by atoms with Crippen LogP contribution in [0.15, 0.2) is 30.3 Å². The van der Waals surface area contributed by atoms with E-state index < -0.39 is 0 Å². The highest BCUT2D eigenvalue weighted by atomic mass is 16.2. The van der Waals surface area contributed by atoms with E-state index in [1.165, 1.54) is 0 Å². The molecule has 108 valence electrons. The van der Waals surface area contributed by atoms with Gasteiger partial charge in [-0.15, -0.1) is 0 Å². The summed E-state index contributed by atoms with van der Waals surface area (Å²) in [7, 11) is 0. The summed E-state index contributed by atoms with van der Waals surface area (Å²) in [5, 5.41) is 3.10. The van der Waals surface area contributed by atoms with Crippen LogP contribution in [0.3, 0.4) is 0 Å². The van der Waals surface area contributed by atoms with Crippen molar-refractivity contribution in [3.63, 3.8) is 0 Å². The Kier molecular flexibility index (Phi) is 3.76. The third-order valence-electron chi connectivity index (χ3n) is 5.10. The molecule has 3 saturated heterocycles. The van der Waals surface area contributed by atoms with Crippen molar-refractivity contribution in [2.75, 3.05) is 39.3 Å². The molecule has 3 heterocycles. The van der Waals surface area contributed by atoms with E-state index in [0.29, 0.717) is 6.54 Å². The van der Waals surface area contributed by atoms with Gasteiger partial charge in [-0.3, -0.25) is 9.69 Å². The van der Waals surface area contributed by atoms with Crippen molar-refractivity contribution < 1.29 is 9.28 Å². The first-order valence-corrected chi connectivity index (χ1v) is 7.59. The van der Waals surface area contributed by atoms with E-state index in [9.17, 15) is 4.79 Å². The Hall–Kier alpha value is -1.39. The van der Waals surface area contributed by atoms with Gasteiger partial charge in [0, 0.05) is 26.2 Å². The van der Waals surface area contributed by atoms with Crippen LogP contribution in [-0.4, -0.2) is 60.6 Å². The third-order valence-corrected chi connectivity index (χ3v) is 5.10. The average molecular weight is 274 g/mol. The van der Waals surface area contributed by atoms with Crippen molar-refractivity contribution in [3.8, 4) is 0 Å². The lowest BCUT2D eigenvalue weighted by Gasteiger charge is -2.52. The quantitative estimate of drug-likeness (QED) is 0.825. The summed E-state index contributed by atoms with van der Waals surface area (Å²) in [4.78, 5) is 15.0. The predicted octanol–water partition coefficient (Wildman–Crippen LogP) is 0.837. The van der Waals surface area contributed by atoms with Gasteiger partial charge in [-0.05, 0) is 12.5 Å². The summed E-state index contributed by atoms with van der Waals surface area (Å²) < 4.78 is 0.983. The summed E-state index contributed by atoms with van der Waals surface area (Å²) in [5.41, 5.74) is 1.16. The van der Waals surface area contributed by atoms with E-state index in [4.69, 9.17) is 0 Å². The molecule has 1 aromatic rings. The van der Waals surface area contributed by atoms with Crippen molar-refractivity contribution in [1.82, 2.24) is 10.2 Å². The van der Waals surface area contributed by atoms with E-state index in [2.05, 4.69) is 29.3 Å². The topological polar surface area (TPSA) is 32.3 Å². The Balaban J connectivity index is 1.59. The minimum atomic E-state index is 0.0705. The minimum absolute atomic E-state index is 0.0705. The maximum atomic E-state index is 12.5. The summed E-state index contributed by atoms with van der Waals surface area (Å²) in [5.74, 6) is 0.198. The highest BCUT2D eigenvalue weighted by molar-refractivity contribution is 5.80. The lowest BCUT2D eigenvalue weighted by molar-refractivity contribution is -0.953. The Bertz CT molecular complexity index is 452. The van der Waals surface area contributed by atoms with Gasteiger partial charge in [0.25, 0.3) is 5.91 Å². The van der Waals surface area contributed by atoms with Crippen LogP contribution in [0, 0.1) is 0 Å². The van der Waals surface area contributed by atoms with Gasteiger partial charge in [0.1, 0.15) is 0 Å². The van der Waals surface area contributed by atoms with Crippen LogP contribution >= 0.6 is 0 Å². The number of piperazine rings is 3. The Morgan fingerprint density at radius 3 is 2.40 bits per heavy atom. The van der Waals surface area contributed by atoms with E-state index >= 15 is 0 Å². The van der Waals surface area contributed by atoms with Crippen molar-refractivity contribution in [2.24, 2.45) is 0 Å². The second-order valence-electron chi connectivity index (χ2n) is 6.11. The molecule has 0 saturated carbocycles. The fraction of sp³-hybridized carbons (Fsp3) is 0.562. The molecule has 2 bridgehead atoms. The molecule has 1 N–H and O–H groups in total. The van der Waals surface area contributed by atoms with Gasteiger partial charge >= 0.3 is 0 Å². The van der Waals surface area contributed by atoms with Crippen LogP contribution in [0.1, 0.15) is 12.5 Å². The van der Waals surface area contributed by atoms with Gasteiger partial charge in [-0.2, -0.15) is 0 Å². The monoisotopic (exact) mass is 274 g/mol. The Morgan fingerprint density at radius 2 is 1.80 bits per heavy atom. The highest BCUT2D eigenvalue weighted by Crippen LogP contribution is 2.23. The fourth-order valence-corrected chi connectivity index (χ4v) is 3.45.